The van der Waals surface area contributed by atoms with Crippen LogP contribution in [0.1, 0.15) is 39.5 Å². The SMILES string of the molecule is CCCCN(CCOC(=O)CN(C)C)SSN(CCCC)CCOC(=O)CN(C)C. The van der Waals surface area contributed by atoms with Crippen molar-refractivity contribution >= 4 is 33.9 Å². The number of nitrogens with zero attached hydrogens (tertiary/aromatic N) is 4. The third-order valence-electron chi connectivity index (χ3n) is 3.86. The van der Waals surface area contributed by atoms with Crippen molar-refractivity contribution in [2.24, 2.45) is 0 Å². The second-order valence-corrected chi connectivity index (χ2v) is 9.86. The van der Waals surface area contributed by atoms with E-state index in [-0.39, 0.29) is 11.9 Å². The maximum atomic E-state index is 11.7. The van der Waals surface area contributed by atoms with E-state index in [1.54, 1.807) is 31.8 Å². The molecule has 0 radical (unpaired) electrons. The van der Waals surface area contributed by atoms with Gasteiger partial charge in [0.15, 0.2) is 0 Å². The standard InChI is InChI=1S/C20H42N4O4S2/c1-7-9-11-23(13-15-27-19(25)17-21(3)4)29-30-24(12-10-8-2)14-16-28-20(26)18-22(5)6/h7-18H2,1-6H3. The van der Waals surface area contributed by atoms with E-state index >= 15 is 0 Å². The van der Waals surface area contributed by atoms with Crippen molar-refractivity contribution in [1.82, 2.24) is 18.4 Å². The highest BCUT2D eigenvalue weighted by Gasteiger charge is 2.14. The zero-order chi connectivity index (χ0) is 22.8. The van der Waals surface area contributed by atoms with Crippen molar-refractivity contribution in [1.29, 1.82) is 0 Å². The minimum absolute atomic E-state index is 0.197. The summed E-state index contributed by atoms with van der Waals surface area (Å²) in [4.78, 5) is 27.1. The van der Waals surface area contributed by atoms with Gasteiger partial charge in [-0.3, -0.25) is 19.4 Å². The molecular weight excluding hydrogens is 424 g/mol. The van der Waals surface area contributed by atoms with E-state index in [0.29, 0.717) is 39.4 Å². The summed E-state index contributed by atoms with van der Waals surface area (Å²) in [7, 11) is 10.8. The maximum absolute atomic E-state index is 11.7. The average Bonchev–Trinajstić information content (AvgIpc) is 2.65. The summed E-state index contributed by atoms with van der Waals surface area (Å²) in [5, 5.41) is 0. The molecule has 0 rings (SSSR count). The van der Waals surface area contributed by atoms with Gasteiger partial charge in [0.2, 0.25) is 0 Å². The molecule has 0 aromatic carbocycles. The molecule has 0 fully saturated rings. The van der Waals surface area contributed by atoms with Crippen LogP contribution in [0.2, 0.25) is 0 Å². The normalized spacial score (nSPS) is 11.7. The second-order valence-electron chi connectivity index (χ2n) is 7.63. The predicted octanol–water partition coefficient (Wildman–Crippen LogP) is 2.61. The quantitative estimate of drug-likeness (QED) is 0.161. The Morgan fingerprint density at radius 2 is 1.03 bits per heavy atom. The van der Waals surface area contributed by atoms with Gasteiger partial charge >= 0.3 is 11.9 Å². The first-order valence-corrected chi connectivity index (χ1v) is 12.8. The molecule has 0 saturated carbocycles. The molecule has 0 aromatic heterocycles. The molecule has 0 aliphatic carbocycles. The lowest BCUT2D eigenvalue weighted by Gasteiger charge is -2.25. The van der Waals surface area contributed by atoms with Crippen molar-refractivity contribution in [3.05, 3.63) is 0 Å². The van der Waals surface area contributed by atoms with E-state index in [9.17, 15) is 9.59 Å². The third kappa shape index (κ3) is 18.3. The zero-order valence-electron chi connectivity index (χ0n) is 19.7. The number of carbonyl (C=O) groups is 2. The van der Waals surface area contributed by atoms with Crippen LogP contribution in [0.4, 0.5) is 0 Å². The van der Waals surface area contributed by atoms with Gasteiger partial charge < -0.3 is 9.47 Å². The summed E-state index contributed by atoms with van der Waals surface area (Å²) in [6, 6.07) is 0. The van der Waals surface area contributed by atoms with Crippen LogP contribution in [0.15, 0.2) is 0 Å². The third-order valence-corrected chi connectivity index (χ3v) is 6.55. The lowest BCUT2D eigenvalue weighted by Crippen LogP contribution is -2.29. The van der Waals surface area contributed by atoms with Crippen LogP contribution in [0.5, 0.6) is 0 Å². The van der Waals surface area contributed by atoms with Crippen LogP contribution in [-0.2, 0) is 19.1 Å². The fraction of sp³-hybridized carbons (Fsp3) is 0.900. The molecule has 0 atom stereocenters. The molecule has 0 unspecified atom stereocenters. The number of rotatable bonds is 19. The Labute approximate surface area is 191 Å². The van der Waals surface area contributed by atoms with Crippen LogP contribution in [0, 0.1) is 0 Å². The molecule has 0 heterocycles. The molecular formula is C20H42N4O4S2. The van der Waals surface area contributed by atoms with Gasteiger partial charge in [-0.2, -0.15) is 0 Å². The Balaban J connectivity index is 4.45. The van der Waals surface area contributed by atoms with E-state index in [0.717, 1.165) is 38.8 Å². The van der Waals surface area contributed by atoms with Crippen molar-refractivity contribution in [2.75, 3.05) is 80.7 Å². The molecule has 0 aliphatic heterocycles. The van der Waals surface area contributed by atoms with E-state index in [2.05, 4.69) is 22.5 Å². The van der Waals surface area contributed by atoms with Crippen LogP contribution in [0.25, 0.3) is 0 Å². The van der Waals surface area contributed by atoms with Crippen molar-refractivity contribution < 1.29 is 19.1 Å². The number of esters is 2. The van der Waals surface area contributed by atoms with Crippen LogP contribution >= 0.6 is 22.0 Å². The Bertz CT molecular complexity index is 417. The van der Waals surface area contributed by atoms with Gasteiger partial charge in [0, 0.05) is 48.1 Å². The largest absolute Gasteiger partial charge is 0.463 e. The Morgan fingerprint density at radius 3 is 1.33 bits per heavy atom. The first-order chi connectivity index (χ1) is 14.3. The Kier molecular flexibility index (Phi) is 18.9. The summed E-state index contributed by atoms with van der Waals surface area (Å²) in [6.07, 6.45) is 4.42. The number of ether oxygens (including phenoxy) is 2. The van der Waals surface area contributed by atoms with Crippen molar-refractivity contribution in [2.45, 2.75) is 39.5 Å². The highest BCUT2D eigenvalue weighted by Crippen LogP contribution is 2.30. The average molecular weight is 467 g/mol. The van der Waals surface area contributed by atoms with Gasteiger partial charge in [0.25, 0.3) is 0 Å². The van der Waals surface area contributed by atoms with E-state index in [1.165, 1.54) is 0 Å². The highest BCUT2D eigenvalue weighted by molar-refractivity contribution is 8.74. The van der Waals surface area contributed by atoms with Gasteiger partial charge in [-0.25, -0.2) is 8.61 Å². The molecule has 0 saturated heterocycles. The number of likely N-dealkylation sites (N-methyl/N-ethyl adjacent to an activating group) is 2. The Morgan fingerprint density at radius 1 is 0.667 bits per heavy atom. The smallest absolute Gasteiger partial charge is 0.320 e. The molecule has 0 aromatic rings. The summed E-state index contributed by atoms with van der Waals surface area (Å²) >= 11 is 0. The van der Waals surface area contributed by atoms with Gasteiger partial charge in [-0.05, 0) is 41.0 Å². The summed E-state index contributed by atoms with van der Waals surface area (Å²) < 4.78 is 15.2. The second kappa shape index (κ2) is 19.2. The fourth-order valence-corrected chi connectivity index (χ4v) is 4.62. The minimum Gasteiger partial charge on any atom is -0.463 e. The fourth-order valence-electron chi connectivity index (χ4n) is 2.27. The molecule has 10 heteroatoms. The highest BCUT2D eigenvalue weighted by atomic mass is 33.1. The zero-order valence-corrected chi connectivity index (χ0v) is 21.4. The molecule has 0 amide bonds. The molecule has 8 nitrogen and oxygen atoms in total. The molecule has 30 heavy (non-hydrogen) atoms. The van der Waals surface area contributed by atoms with Crippen LogP contribution in [0.3, 0.4) is 0 Å². The lowest BCUT2D eigenvalue weighted by molar-refractivity contribution is -0.145. The van der Waals surface area contributed by atoms with Gasteiger partial charge in [0.1, 0.15) is 13.2 Å². The maximum Gasteiger partial charge on any atom is 0.320 e. The van der Waals surface area contributed by atoms with Crippen LogP contribution < -0.4 is 0 Å². The number of carbonyl (C=O) groups excluding carboxylic acids is 2. The minimum atomic E-state index is -0.197. The van der Waals surface area contributed by atoms with Crippen LogP contribution in [-0.4, -0.2) is 111 Å². The van der Waals surface area contributed by atoms with E-state index in [4.69, 9.17) is 9.47 Å². The molecule has 0 spiro atoms. The lowest BCUT2D eigenvalue weighted by atomic mass is 10.3. The Hall–Kier alpha value is -0.520. The molecule has 0 bridgehead atoms. The van der Waals surface area contributed by atoms with Gasteiger partial charge in [0.05, 0.1) is 13.1 Å². The molecule has 0 N–H and O–H groups in total. The summed E-state index contributed by atoms with van der Waals surface area (Å²) in [5.41, 5.74) is 0. The topological polar surface area (TPSA) is 65.6 Å². The summed E-state index contributed by atoms with van der Waals surface area (Å²) in [6.45, 7) is 8.99. The monoisotopic (exact) mass is 466 g/mol. The van der Waals surface area contributed by atoms with E-state index < -0.39 is 0 Å². The van der Waals surface area contributed by atoms with Gasteiger partial charge in [-0.1, -0.05) is 26.7 Å². The predicted molar refractivity (Wildman–Crippen MR) is 127 cm³/mol. The number of hydrogen-bond acceptors (Lipinski definition) is 10. The van der Waals surface area contributed by atoms with E-state index in [1.807, 2.05) is 28.2 Å². The first kappa shape index (κ1) is 29.5. The molecule has 178 valence electrons. The van der Waals surface area contributed by atoms with Gasteiger partial charge in [-0.15, -0.1) is 0 Å². The summed E-state index contributed by atoms with van der Waals surface area (Å²) in [5.74, 6) is -0.394. The molecule has 0 aliphatic rings. The van der Waals surface area contributed by atoms with Crippen molar-refractivity contribution in [3.63, 3.8) is 0 Å². The number of unbranched alkanes of at least 4 members (excludes halogenated alkanes) is 2. The van der Waals surface area contributed by atoms with Crippen molar-refractivity contribution in [3.8, 4) is 0 Å². The number of hydrogen-bond donors (Lipinski definition) is 0. The first-order valence-electron chi connectivity index (χ1n) is 10.7.